The van der Waals surface area contributed by atoms with Crippen molar-refractivity contribution in [1.29, 1.82) is 0 Å². The third-order valence-corrected chi connectivity index (χ3v) is 3.37. The van der Waals surface area contributed by atoms with Crippen LogP contribution in [-0.2, 0) is 4.74 Å². The molecule has 2 heterocycles. The van der Waals surface area contributed by atoms with Crippen molar-refractivity contribution in [3.05, 3.63) is 0 Å². The first-order chi connectivity index (χ1) is 4.89. The van der Waals surface area contributed by atoms with E-state index in [-0.39, 0.29) is 0 Å². The molecule has 2 aliphatic heterocycles. The van der Waals surface area contributed by atoms with E-state index < -0.39 is 0 Å². The maximum atomic E-state index is 5.92. The lowest BCUT2D eigenvalue weighted by Crippen LogP contribution is -2.63. The molecule has 1 spiro atoms. The third kappa shape index (κ3) is 0.487. The van der Waals surface area contributed by atoms with E-state index in [2.05, 4.69) is 5.32 Å². The Balaban J connectivity index is 1.93. The van der Waals surface area contributed by atoms with Crippen molar-refractivity contribution in [1.82, 2.24) is 5.32 Å². The Labute approximate surface area is 60.9 Å². The van der Waals surface area contributed by atoms with Crippen LogP contribution in [0.25, 0.3) is 0 Å². The zero-order valence-electron chi connectivity index (χ0n) is 6.10. The van der Waals surface area contributed by atoms with E-state index in [1.807, 2.05) is 0 Å². The topological polar surface area (TPSA) is 21.3 Å². The summed E-state index contributed by atoms with van der Waals surface area (Å²) >= 11 is 0. The molecule has 2 bridgehead atoms. The van der Waals surface area contributed by atoms with Gasteiger partial charge in [0.1, 0.15) is 0 Å². The average Bonchev–Trinajstić information content (AvgIpc) is 2.27. The molecular formula is C8H13NO. The van der Waals surface area contributed by atoms with Crippen LogP contribution >= 0.6 is 0 Å². The van der Waals surface area contributed by atoms with Crippen molar-refractivity contribution < 1.29 is 4.74 Å². The largest absolute Gasteiger partial charge is 0.369 e. The highest BCUT2D eigenvalue weighted by Gasteiger charge is 2.55. The van der Waals surface area contributed by atoms with Gasteiger partial charge in [0.2, 0.25) is 0 Å². The monoisotopic (exact) mass is 139 g/mol. The van der Waals surface area contributed by atoms with Gasteiger partial charge in [0.05, 0.1) is 11.7 Å². The van der Waals surface area contributed by atoms with Gasteiger partial charge in [-0.1, -0.05) is 0 Å². The van der Waals surface area contributed by atoms with Gasteiger partial charge in [-0.05, 0) is 25.7 Å². The molecule has 1 N–H and O–H groups in total. The summed E-state index contributed by atoms with van der Waals surface area (Å²) in [7, 11) is 0. The van der Waals surface area contributed by atoms with Crippen LogP contribution in [0.15, 0.2) is 0 Å². The van der Waals surface area contributed by atoms with Gasteiger partial charge in [-0.3, -0.25) is 0 Å². The normalized spacial score (nSPS) is 57.6. The molecule has 2 heteroatoms. The van der Waals surface area contributed by atoms with Gasteiger partial charge < -0.3 is 10.1 Å². The van der Waals surface area contributed by atoms with Crippen molar-refractivity contribution in [3.63, 3.8) is 0 Å². The quantitative estimate of drug-likeness (QED) is 0.532. The van der Waals surface area contributed by atoms with Crippen LogP contribution < -0.4 is 5.32 Å². The lowest BCUT2D eigenvalue weighted by atomic mass is 9.73. The van der Waals surface area contributed by atoms with E-state index >= 15 is 0 Å². The lowest BCUT2D eigenvalue weighted by molar-refractivity contribution is -0.142. The van der Waals surface area contributed by atoms with Crippen LogP contribution in [-0.4, -0.2) is 24.3 Å². The molecule has 3 rings (SSSR count). The summed E-state index contributed by atoms with van der Waals surface area (Å²) < 4.78 is 5.92. The van der Waals surface area contributed by atoms with Gasteiger partial charge in [-0.25, -0.2) is 0 Å². The molecule has 0 aromatic rings. The van der Waals surface area contributed by atoms with Crippen LogP contribution in [0, 0.1) is 0 Å². The van der Waals surface area contributed by atoms with Crippen molar-refractivity contribution in [2.45, 2.75) is 43.4 Å². The highest BCUT2D eigenvalue weighted by molar-refractivity contribution is 5.09. The van der Waals surface area contributed by atoms with Crippen molar-refractivity contribution >= 4 is 0 Å². The summed E-state index contributed by atoms with van der Waals surface area (Å²) in [6.07, 6.45) is 5.81. The minimum absolute atomic E-state index is 0.322. The Morgan fingerprint density at radius 2 is 2.20 bits per heavy atom. The fraction of sp³-hybridized carbons (Fsp3) is 1.00. The summed E-state index contributed by atoms with van der Waals surface area (Å²) in [5, 5.41) is 3.55. The van der Waals surface area contributed by atoms with Crippen molar-refractivity contribution in [2.75, 3.05) is 6.54 Å². The smallest absolute Gasteiger partial charge is 0.0840 e. The first-order valence-electron chi connectivity index (χ1n) is 4.30. The molecule has 3 unspecified atom stereocenters. The maximum absolute atomic E-state index is 5.92. The molecular weight excluding hydrogens is 126 g/mol. The SMILES string of the molecule is C1CC23CCC2NCC1O3. The second-order valence-electron chi connectivity index (χ2n) is 3.84. The minimum atomic E-state index is 0.322. The van der Waals surface area contributed by atoms with Crippen molar-refractivity contribution in [2.24, 2.45) is 0 Å². The molecule has 0 aromatic heterocycles. The average molecular weight is 139 g/mol. The fourth-order valence-corrected chi connectivity index (χ4v) is 2.61. The Kier molecular flexibility index (Phi) is 0.868. The molecule has 3 atom stereocenters. The van der Waals surface area contributed by atoms with E-state index in [0.717, 1.165) is 6.54 Å². The van der Waals surface area contributed by atoms with E-state index in [0.29, 0.717) is 17.7 Å². The minimum Gasteiger partial charge on any atom is -0.369 e. The van der Waals surface area contributed by atoms with Crippen LogP contribution in [0.4, 0.5) is 0 Å². The number of ether oxygens (including phenoxy) is 1. The molecule has 1 saturated carbocycles. The number of hydrogen-bond acceptors (Lipinski definition) is 2. The molecule has 3 aliphatic rings. The molecule has 0 amide bonds. The number of hydrogen-bond donors (Lipinski definition) is 1. The number of rotatable bonds is 0. The molecule has 2 nitrogen and oxygen atoms in total. The van der Waals surface area contributed by atoms with Crippen LogP contribution in [0.1, 0.15) is 25.7 Å². The Bertz CT molecular complexity index is 169. The summed E-state index contributed by atoms with van der Waals surface area (Å²) in [6.45, 7) is 1.10. The first-order valence-corrected chi connectivity index (χ1v) is 4.30. The molecule has 2 saturated heterocycles. The first kappa shape index (κ1) is 5.56. The van der Waals surface area contributed by atoms with Gasteiger partial charge >= 0.3 is 0 Å². The highest BCUT2D eigenvalue weighted by atomic mass is 16.5. The van der Waals surface area contributed by atoms with E-state index in [1.165, 1.54) is 25.7 Å². The number of nitrogens with one attached hydrogen (secondary N) is 1. The molecule has 3 fully saturated rings. The standard InChI is InChI=1S/C8H13NO/c1-3-8-4-2-7(8)9-5-6(1)10-8/h6-7,9H,1-5H2. The van der Waals surface area contributed by atoms with Gasteiger partial charge in [0, 0.05) is 12.6 Å². The molecule has 0 aromatic carbocycles. The highest BCUT2D eigenvalue weighted by Crippen LogP contribution is 2.48. The predicted octanol–water partition coefficient (Wildman–Crippen LogP) is 0.670. The Morgan fingerprint density at radius 3 is 2.90 bits per heavy atom. The van der Waals surface area contributed by atoms with Gasteiger partial charge in [-0.2, -0.15) is 0 Å². The molecule has 1 aliphatic carbocycles. The van der Waals surface area contributed by atoms with Gasteiger partial charge in [0.25, 0.3) is 0 Å². The van der Waals surface area contributed by atoms with Crippen molar-refractivity contribution in [3.8, 4) is 0 Å². The van der Waals surface area contributed by atoms with Crippen LogP contribution in [0.2, 0.25) is 0 Å². The lowest BCUT2D eigenvalue weighted by Gasteiger charge is -2.50. The van der Waals surface area contributed by atoms with Gasteiger partial charge in [-0.15, -0.1) is 0 Å². The number of morpholine rings is 1. The summed E-state index contributed by atoms with van der Waals surface area (Å²) in [4.78, 5) is 0. The third-order valence-electron chi connectivity index (χ3n) is 3.37. The van der Waals surface area contributed by atoms with E-state index in [9.17, 15) is 0 Å². The second kappa shape index (κ2) is 1.56. The zero-order chi connectivity index (χ0) is 6.60. The zero-order valence-corrected chi connectivity index (χ0v) is 6.10. The van der Waals surface area contributed by atoms with Crippen LogP contribution in [0.3, 0.4) is 0 Å². The summed E-state index contributed by atoms with van der Waals surface area (Å²) in [6, 6.07) is 0.714. The predicted molar refractivity (Wildman–Crippen MR) is 37.9 cm³/mol. The summed E-state index contributed by atoms with van der Waals surface area (Å²) in [5.74, 6) is 0. The molecule has 10 heavy (non-hydrogen) atoms. The van der Waals surface area contributed by atoms with E-state index in [4.69, 9.17) is 4.74 Å². The number of fused-ring (bicyclic) bond motifs is 1. The Morgan fingerprint density at radius 1 is 1.30 bits per heavy atom. The molecule has 56 valence electrons. The van der Waals surface area contributed by atoms with E-state index in [1.54, 1.807) is 0 Å². The summed E-state index contributed by atoms with van der Waals surface area (Å²) in [5.41, 5.74) is 0.322. The molecule has 0 radical (unpaired) electrons. The Hall–Kier alpha value is -0.0800. The fourth-order valence-electron chi connectivity index (χ4n) is 2.61. The second-order valence-corrected chi connectivity index (χ2v) is 3.84. The maximum Gasteiger partial charge on any atom is 0.0840 e. The van der Waals surface area contributed by atoms with Gasteiger partial charge in [0.15, 0.2) is 0 Å². The van der Waals surface area contributed by atoms with Crippen LogP contribution in [0.5, 0.6) is 0 Å².